The van der Waals surface area contributed by atoms with Gasteiger partial charge in [0, 0.05) is 11.3 Å². The molecule has 2 N–H and O–H groups in total. The van der Waals surface area contributed by atoms with E-state index in [0.717, 1.165) is 18.4 Å². The third-order valence-corrected chi connectivity index (χ3v) is 3.99. The highest BCUT2D eigenvalue weighted by Gasteiger charge is 2.10. The minimum atomic E-state index is -3.34. The monoisotopic (exact) mass is 332 g/mol. The van der Waals surface area contributed by atoms with Crippen molar-refractivity contribution in [3.63, 3.8) is 0 Å². The first-order valence-electron chi connectivity index (χ1n) is 7.27. The number of anilines is 2. The summed E-state index contributed by atoms with van der Waals surface area (Å²) in [6.45, 7) is 3.82. The van der Waals surface area contributed by atoms with Gasteiger partial charge in [-0.15, -0.1) is 0 Å². The molecule has 0 heterocycles. The van der Waals surface area contributed by atoms with Crippen molar-refractivity contribution in [2.75, 3.05) is 16.3 Å². The van der Waals surface area contributed by atoms with Gasteiger partial charge < -0.3 is 5.32 Å². The SMILES string of the molecule is CCc1ccc(NC(=O)c2ccc(NS(C)(=O)=O)c(C)c2)cc1. The van der Waals surface area contributed by atoms with Crippen molar-refractivity contribution in [3.8, 4) is 0 Å². The molecule has 0 atom stereocenters. The molecule has 0 radical (unpaired) electrons. The summed E-state index contributed by atoms with van der Waals surface area (Å²) in [4.78, 5) is 12.3. The summed E-state index contributed by atoms with van der Waals surface area (Å²) in [5.74, 6) is -0.233. The van der Waals surface area contributed by atoms with E-state index in [1.807, 2.05) is 24.3 Å². The molecule has 0 fully saturated rings. The van der Waals surface area contributed by atoms with Crippen LogP contribution in [0.25, 0.3) is 0 Å². The molecule has 0 spiro atoms. The van der Waals surface area contributed by atoms with Crippen LogP contribution in [-0.2, 0) is 16.4 Å². The summed E-state index contributed by atoms with van der Waals surface area (Å²) in [5.41, 5.74) is 3.56. The van der Waals surface area contributed by atoms with Crippen LogP contribution in [0, 0.1) is 6.92 Å². The van der Waals surface area contributed by atoms with Crippen molar-refractivity contribution < 1.29 is 13.2 Å². The second-order valence-electron chi connectivity index (χ2n) is 5.41. The molecule has 0 aliphatic rings. The Morgan fingerprint density at radius 2 is 1.74 bits per heavy atom. The predicted molar refractivity (Wildman–Crippen MR) is 93.4 cm³/mol. The van der Waals surface area contributed by atoms with E-state index >= 15 is 0 Å². The molecule has 2 aromatic carbocycles. The summed E-state index contributed by atoms with van der Waals surface area (Å²) < 4.78 is 25.0. The molecule has 122 valence electrons. The zero-order valence-electron chi connectivity index (χ0n) is 13.4. The van der Waals surface area contributed by atoms with Crippen LogP contribution in [0.3, 0.4) is 0 Å². The second kappa shape index (κ2) is 6.83. The number of amides is 1. The molecule has 1 amide bonds. The topological polar surface area (TPSA) is 75.3 Å². The van der Waals surface area contributed by atoms with Gasteiger partial charge in [0.05, 0.1) is 11.9 Å². The van der Waals surface area contributed by atoms with Gasteiger partial charge in [-0.05, 0) is 54.8 Å². The van der Waals surface area contributed by atoms with E-state index < -0.39 is 10.0 Å². The minimum Gasteiger partial charge on any atom is -0.322 e. The number of benzene rings is 2. The largest absolute Gasteiger partial charge is 0.322 e. The Bertz CT molecular complexity index is 812. The number of carbonyl (C=O) groups is 1. The highest BCUT2D eigenvalue weighted by Crippen LogP contribution is 2.19. The molecule has 23 heavy (non-hydrogen) atoms. The van der Waals surface area contributed by atoms with Gasteiger partial charge in [-0.2, -0.15) is 0 Å². The van der Waals surface area contributed by atoms with Gasteiger partial charge in [-0.25, -0.2) is 8.42 Å². The fraction of sp³-hybridized carbons (Fsp3) is 0.235. The molecule has 6 heteroatoms. The molecular formula is C17H20N2O3S. The molecule has 2 aromatic rings. The molecule has 0 aliphatic heterocycles. The Balaban J connectivity index is 2.14. The van der Waals surface area contributed by atoms with Crippen LogP contribution in [-0.4, -0.2) is 20.6 Å². The smallest absolute Gasteiger partial charge is 0.255 e. The molecule has 0 unspecified atom stereocenters. The van der Waals surface area contributed by atoms with Crippen LogP contribution in [0.2, 0.25) is 0 Å². The number of rotatable bonds is 5. The lowest BCUT2D eigenvalue weighted by Gasteiger charge is -2.10. The highest BCUT2D eigenvalue weighted by atomic mass is 32.2. The van der Waals surface area contributed by atoms with Crippen LogP contribution in [0.4, 0.5) is 11.4 Å². The van der Waals surface area contributed by atoms with E-state index in [1.54, 1.807) is 25.1 Å². The van der Waals surface area contributed by atoms with Crippen molar-refractivity contribution in [2.24, 2.45) is 0 Å². The first-order valence-corrected chi connectivity index (χ1v) is 9.16. The Hall–Kier alpha value is -2.34. The summed E-state index contributed by atoms with van der Waals surface area (Å²) in [5, 5.41) is 2.83. The van der Waals surface area contributed by atoms with Crippen molar-refractivity contribution >= 4 is 27.3 Å². The summed E-state index contributed by atoms with van der Waals surface area (Å²) in [6, 6.07) is 12.5. The van der Waals surface area contributed by atoms with Crippen LogP contribution >= 0.6 is 0 Å². The molecule has 0 saturated carbocycles. The summed E-state index contributed by atoms with van der Waals surface area (Å²) >= 11 is 0. The normalized spacial score (nSPS) is 11.1. The Kier molecular flexibility index (Phi) is 5.05. The van der Waals surface area contributed by atoms with Gasteiger partial charge >= 0.3 is 0 Å². The van der Waals surface area contributed by atoms with Crippen molar-refractivity contribution in [1.29, 1.82) is 0 Å². The van der Waals surface area contributed by atoms with E-state index in [4.69, 9.17) is 0 Å². The number of hydrogen-bond acceptors (Lipinski definition) is 3. The Morgan fingerprint density at radius 1 is 1.09 bits per heavy atom. The standard InChI is InChI=1S/C17H20N2O3S/c1-4-13-5-8-15(9-6-13)18-17(20)14-7-10-16(12(2)11-14)19-23(3,21)22/h5-11,19H,4H2,1-3H3,(H,18,20). The lowest BCUT2D eigenvalue weighted by atomic mass is 10.1. The fourth-order valence-electron chi connectivity index (χ4n) is 2.15. The van der Waals surface area contributed by atoms with E-state index in [2.05, 4.69) is 17.0 Å². The van der Waals surface area contributed by atoms with Gasteiger partial charge in [-0.3, -0.25) is 9.52 Å². The summed E-state index contributed by atoms with van der Waals surface area (Å²) in [6.07, 6.45) is 2.04. The van der Waals surface area contributed by atoms with Gasteiger partial charge in [0.15, 0.2) is 0 Å². The highest BCUT2D eigenvalue weighted by molar-refractivity contribution is 7.92. The number of nitrogens with one attached hydrogen (secondary N) is 2. The molecule has 0 aliphatic carbocycles. The third kappa shape index (κ3) is 4.82. The molecule has 5 nitrogen and oxygen atoms in total. The molecule has 0 aromatic heterocycles. The molecular weight excluding hydrogens is 312 g/mol. The van der Waals surface area contributed by atoms with Crippen LogP contribution in [0.5, 0.6) is 0 Å². The van der Waals surface area contributed by atoms with Crippen molar-refractivity contribution in [2.45, 2.75) is 20.3 Å². The zero-order valence-corrected chi connectivity index (χ0v) is 14.2. The Labute approximate surface area is 136 Å². The molecule has 2 rings (SSSR count). The fourth-order valence-corrected chi connectivity index (χ4v) is 2.77. The third-order valence-electron chi connectivity index (χ3n) is 3.40. The van der Waals surface area contributed by atoms with Crippen molar-refractivity contribution in [3.05, 3.63) is 59.2 Å². The average molecular weight is 332 g/mol. The van der Waals surface area contributed by atoms with Gasteiger partial charge in [-0.1, -0.05) is 19.1 Å². The number of sulfonamides is 1. The lowest BCUT2D eigenvalue weighted by molar-refractivity contribution is 0.102. The van der Waals surface area contributed by atoms with E-state index in [-0.39, 0.29) is 5.91 Å². The molecule has 0 bridgehead atoms. The lowest BCUT2D eigenvalue weighted by Crippen LogP contribution is -2.14. The zero-order chi connectivity index (χ0) is 17.0. The van der Waals surface area contributed by atoms with Gasteiger partial charge in [0.25, 0.3) is 5.91 Å². The van der Waals surface area contributed by atoms with Crippen molar-refractivity contribution in [1.82, 2.24) is 0 Å². The quantitative estimate of drug-likeness (QED) is 0.883. The number of hydrogen-bond donors (Lipinski definition) is 2. The second-order valence-corrected chi connectivity index (χ2v) is 7.16. The van der Waals surface area contributed by atoms with Crippen LogP contribution in [0.1, 0.15) is 28.4 Å². The Morgan fingerprint density at radius 3 is 2.26 bits per heavy atom. The number of aryl methyl sites for hydroxylation is 2. The molecule has 0 saturated heterocycles. The van der Waals surface area contributed by atoms with Gasteiger partial charge in [0.1, 0.15) is 0 Å². The first-order chi connectivity index (χ1) is 10.8. The maximum absolute atomic E-state index is 12.3. The van der Waals surface area contributed by atoms with Crippen LogP contribution in [0.15, 0.2) is 42.5 Å². The minimum absolute atomic E-state index is 0.233. The average Bonchev–Trinajstić information content (AvgIpc) is 2.48. The van der Waals surface area contributed by atoms with Gasteiger partial charge in [0.2, 0.25) is 10.0 Å². The first kappa shape index (κ1) is 17.0. The number of carbonyl (C=O) groups excluding carboxylic acids is 1. The van der Waals surface area contributed by atoms with E-state index in [9.17, 15) is 13.2 Å². The maximum atomic E-state index is 12.3. The summed E-state index contributed by atoms with van der Waals surface area (Å²) in [7, 11) is -3.34. The van der Waals surface area contributed by atoms with E-state index in [1.165, 1.54) is 5.56 Å². The predicted octanol–water partition coefficient (Wildman–Crippen LogP) is 3.18. The van der Waals surface area contributed by atoms with E-state index in [0.29, 0.717) is 16.8 Å². The maximum Gasteiger partial charge on any atom is 0.255 e. The van der Waals surface area contributed by atoms with Crippen LogP contribution < -0.4 is 10.0 Å².